The largest absolute Gasteiger partial charge is 0.389 e. The number of aromatic nitrogens is 1. The molecule has 0 spiro atoms. The SMILES string of the molecule is [2H]C([2H])([2H])C([2H])(O)c1ccc(C)nc1. The van der Waals surface area contributed by atoms with Crippen LogP contribution in [0.1, 0.15) is 29.7 Å². The Hall–Kier alpha value is -0.890. The molecule has 1 atom stereocenters. The number of aliphatic hydroxyl groups is 1. The van der Waals surface area contributed by atoms with Crippen LogP contribution in [-0.4, -0.2) is 10.1 Å². The second kappa shape index (κ2) is 2.80. The fourth-order valence-electron chi connectivity index (χ4n) is 0.608. The lowest BCUT2D eigenvalue weighted by atomic mass is 10.2. The molecule has 1 N–H and O–H groups in total. The second-order valence-electron chi connectivity index (χ2n) is 2.04. The van der Waals surface area contributed by atoms with Gasteiger partial charge in [-0.15, -0.1) is 0 Å². The molecule has 0 fully saturated rings. The van der Waals surface area contributed by atoms with E-state index in [2.05, 4.69) is 4.98 Å². The molecule has 0 aliphatic rings. The minimum atomic E-state index is -2.77. The zero-order chi connectivity index (χ0) is 11.0. The van der Waals surface area contributed by atoms with Gasteiger partial charge in [0.05, 0.1) is 7.45 Å². The van der Waals surface area contributed by atoms with Crippen molar-refractivity contribution in [3.05, 3.63) is 29.6 Å². The van der Waals surface area contributed by atoms with Crippen molar-refractivity contribution in [2.75, 3.05) is 0 Å². The summed E-state index contributed by atoms with van der Waals surface area (Å²) in [5, 5.41) is 9.48. The number of rotatable bonds is 1. The fourth-order valence-corrected chi connectivity index (χ4v) is 0.608. The molecule has 1 aromatic rings. The summed E-state index contributed by atoms with van der Waals surface area (Å²) in [6.45, 7) is -1.04. The Morgan fingerprint density at radius 1 is 1.80 bits per heavy atom. The second-order valence-corrected chi connectivity index (χ2v) is 2.04. The first kappa shape index (κ1) is 3.49. The van der Waals surface area contributed by atoms with Crippen LogP contribution in [0, 0.1) is 6.92 Å². The van der Waals surface area contributed by atoms with E-state index in [1.54, 1.807) is 13.0 Å². The van der Waals surface area contributed by atoms with Gasteiger partial charge >= 0.3 is 0 Å². The van der Waals surface area contributed by atoms with E-state index in [0.29, 0.717) is 5.69 Å². The van der Waals surface area contributed by atoms with Crippen molar-refractivity contribution in [1.29, 1.82) is 0 Å². The lowest BCUT2D eigenvalue weighted by molar-refractivity contribution is 0.199. The molecule has 0 amide bonds. The Morgan fingerprint density at radius 3 is 3.10 bits per heavy atom. The van der Waals surface area contributed by atoms with Gasteiger partial charge in [0, 0.05) is 16.0 Å². The fraction of sp³-hybridized carbons (Fsp3) is 0.375. The molecule has 0 aromatic carbocycles. The van der Waals surface area contributed by atoms with Gasteiger partial charge in [0.15, 0.2) is 0 Å². The Bertz CT molecular complexity index is 317. The molecule has 0 radical (unpaired) electrons. The van der Waals surface area contributed by atoms with E-state index >= 15 is 0 Å². The molecule has 1 aromatic heterocycles. The molecule has 10 heavy (non-hydrogen) atoms. The van der Waals surface area contributed by atoms with Crippen LogP contribution in [0.15, 0.2) is 18.3 Å². The normalized spacial score (nSPS) is 23.4. The number of hydrogen-bond acceptors (Lipinski definition) is 2. The predicted octanol–water partition coefficient (Wildman–Crippen LogP) is 1.44. The molecule has 0 bridgehead atoms. The van der Waals surface area contributed by atoms with Crippen LogP contribution in [0.5, 0.6) is 0 Å². The van der Waals surface area contributed by atoms with Gasteiger partial charge in [0.1, 0.15) is 0 Å². The third-order valence-corrected chi connectivity index (χ3v) is 1.18. The van der Waals surface area contributed by atoms with E-state index in [0.717, 1.165) is 0 Å². The Kier molecular flexibility index (Phi) is 0.975. The summed E-state index contributed by atoms with van der Waals surface area (Å²) in [5.41, 5.74) is 0.679. The quantitative estimate of drug-likeness (QED) is 0.642. The third kappa shape index (κ3) is 1.54. The summed E-state index contributed by atoms with van der Waals surface area (Å²) in [4.78, 5) is 3.83. The maximum atomic E-state index is 9.48. The topological polar surface area (TPSA) is 33.1 Å². The van der Waals surface area contributed by atoms with Gasteiger partial charge in [-0.1, -0.05) is 6.07 Å². The van der Waals surface area contributed by atoms with Crippen molar-refractivity contribution in [2.24, 2.45) is 0 Å². The number of aryl methyl sites for hydroxylation is 1. The average molecular weight is 141 g/mol. The van der Waals surface area contributed by atoms with Gasteiger partial charge in [-0.2, -0.15) is 0 Å². The van der Waals surface area contributed by atoms with E-state index in [1.165, 1.54) is 12.3 Å². The third-order valence-electron chi connectivity index (χ3n) is 1.18. The predicted molar refractivity (Wildman–Crippen MR) is 39.6 cm³/mol. The lowest BCUT2D eigenvalue weighted by Crippen LogP contribution is -1.91. The van der Waals surface area contributed by atoms with E-state index in [-0.39, 0.29) is 5.56 Å². The van der Waals surface area contributed by atoms with E-state index in [9.17, 15) is 5.11 Å². The highest BCUT2D eigenvalue weighted by Gasteiger charge is 1.98. The number of nitrogens with zero attached hydrogens (tertiary/aromatic N) is 1. The molecule has 0 aliphatic carbocycles. The standard InChI is InChI=1S/C8H11NO/c1-6-3-4-8(5-9-6)7(2)10/h3-5,7,10H,1-2H3/i2D3,7D. The van der Waals surface area contributed by atoms with Crippen LogP contribution in [0.3, 0.4) is 0 Å². The Labute approximate surface area is 66.2 Å². The van der Waals surface area contributed by atoms with Crippen LogP contribution < -0.4 is 0 Å². The van der Waals surface area contributed by atoms with Crippen molar-refractivity contribution in [2.45, 2.75) is 19.9 Å². The number of pyridine rings is 1. The van der Waals surface area contributed by atoms with Gasteiger partial charge in [0.25, 0.3) is 0 Å². The minimum Gasteiger partial charge on any atom is -0.389 e. The van der Waals surface area contributed by atoms with Crippen molar-refractivity contribution >= 4 is 0 Å². The van der Waals surface area contributed by atoms with Gasteiger partial charge in [0.2, 0.25) is 0 Å². The molecule has 54 valence electrons. The van der Waals surface area contributed by atoms with Crippen molar-refractivity contribution in [3.63, 3.8) is 0 Å². The van der Waals surface area contributed by atoms with E-state index in [4.69, 9.17) is 5.48 Å². The first-order valence-electron chi connectivity index (χ1n) is 4.90. The molecule has 2 heteroatoms. The molecule has 1 unspecified atom stereocenters. The van der Waals surface area contributed by atoms with Crippen molar-refractivity contribution in [3.8, 4) is 0 Å². The monoisotopic (exact) mass is 141 g/mol. The first-order valence-corrected chi connectivity index (χ1v) is 2.90. The molecule has 0 saturated heterocycles. The molecule has 0 saturated carbocycles. The maximum absolute atomic E-state index is 9.48. The van der Waals surface area contributed by atoms with E-state index in [1.807, 2.05) is 0 Å². The average Bonchev–Trinajstić information content (AvgIpc) is 2.03. The smallest absolute Gasteiger partial charge is 0.0776 e. The summed E-state index contributed by atoms with van der Waals surface area (Å²) in [7, 11) is 0. The van der Waals surface area contributed by atoms with Gasteiger partial charge in [-0.25, -0.2) is 0 Å². The Morgan fingerprint density at radius 2 is 2.60 bits per heavy atom. The molecule has 0 aliphatic heterocycles. The highest BCUT2D eigenvalue weighted by Crippen LogP contribution is 2.09. The van der Waals surface area contributed by atoms with Crippen molar-refractivity contribution in [1.82, 2.24) is 4.98 Å². The maximum Gasteiger partial charge on any atom is 0.0776 e. The highest BCUT2D eigenvalue weighted by atomic mass is 16.3. The van der Waals surface area contributed by atoms with Gasteiger partial charge in [-0.3, -0.25) is 4.98 Å². The van der Waals surface area contributed by atoms with Crippen LogP contribution in [0.2, 0.25) is 0 Å². The van der Waals surface area contributed by atoms with Crippen LogP contribution >= 0.6 is 0 Å². The minimum absolute atomic E-state index is 0.0249. The zero-order valence-electron chi connectivity index (χ0n) is 9.63. The van der Waals surface area contributed by atoms with Crippen LogP contribution in [-0.2, 0) is 0 Å². The molecule has 1 heterocycles. The van der Waals surface area contributed by atoms with Gasteiger partial charge in [-0.05, 0) is 25.4 Å². The van der Waals surface area contributed by atoms with E-state index < -0.39 is 12.9 Å². The van der Waals surface area contributed by atoms with Crippen LogP contribution in [0.4, 0.5) is 0 Å². The summed E-state index contributed by atoms with van der Waals surface area (Å²) < 4.78 is 28.3. The molecular weight excluding hydrogens is 126 g/mol. The summed E-state index contributed by atoms with van der Waals surface area (Å²) in [6, 6.07) is 2.95. The highest BCUT2D eigenvalue weighted by molar-refractivity contribution is 5.14. The van der Waals surface area contributed by atoms with Gasteiger partial charge < -0.3 is 5.11 Å². The molecular formula is C8H11NO. The molecule has 2 nitrogen and oxygen atoms in total. The number of hydrogen-bond donors (Lipinski definition) is 1. The summed E-state index contributed by atoms with van der Waals surface area (Å²) in [6.07, 6.45) is -1.39. The summed E-state index contributed by atoms with van der Waals surface area (Å²) >= 11 is 0. The van der Waals surface area contributed by atoms with Crippen LogP contribution in [0.25, 0.3) is 0 Å². The lowest BCUT2D eigenvalue weighted by Gasteiger charge is -2.02. The Balaban J connectivity index is 3.10. The zero-order valence-corrected chi connectivity index (χ0v) is 5.63. The first-order chi connectivity index (χ1) is 6.25. The van der Waals surface area contributed by atoms with Crippen molar-refractivity contribution < 1.29 is 10.6 Å². The molecule has 1 rings (SSSR count). The summed E-state index contributed by atoms with van der Waals surface area (Å²) in [5.74, 6) is 0.